The fraction of sp³-hybridized carbons (Fsp3) is 0.118. The van der Waals surface area contributed by atoms with Crippen molar-refractivity contribution in [1.82, 2.24) is 15.4 Å². The molecular weight excluding hydrogens is 310 g/mol. The first-order chi connectivity index (χ1) is 11.1. The number of hydrogen-bond donors (Lipinski definition) is 0. The fourth-order valence-electron chi connectivity index (χ4n) is 2.33. The molecule has 0 N–H and O–H groups in total. The molecule has 3 aromatic rings. The van der Waals surface area contributed by atoms with Crippen LogP contribution in [0.3, 0.4) is 0 Å². The molecule has 0 fully saturated rings. The zero-order valence-electron chi connectivity index (χ0n) is 12.5. The molecule has 0 unspecified atom stereocenters. The predicted molar refractivity (Wildman–Crippen MR) is 87.3 cm³/mol. The lowest BCUT2D eigenvalue weighted by Gasteiger charge is -2.10. The second kappa shape index (κ2) is 6.26. The molecular formula is C17H15N3O2S. The van der Waals surface area contributed by atoms with E-state index in [1.54, 1.807) is 37.3 Å². The van der Waals surface area contributed by atoms with Gasteiger partial charge in [0.15, 0.2) is 9.84 Å². The predicted octanol–water partition coefficient (Wildman–Crippen LogP) is 2.82. The molecule has 3 rings (SSSR count). The van der Waals surface area contributed by atoms with E-state index in [2.05, 4.69) is 15.4 Å². The topological polar surface area (TPSA) is 72.8 Å². The van der Waals surface area contributed by atoms with Crippen molar-refractivity contribution >= 4 is 9.84 Å². The molecule has 0 atom stereocenters. The van der Waals surface area contributed by atoms with Crippen LogP contribution in [-0.2, 0) is 15.6 Å². The van der Waals surface area contributed by atoms with E-state index in [0.717, 1.165) is 5.56 Å². The van der Waals surface area contributed by atoms with E-state index in [1.165, 1.54) is 0 Å². The summed E-state index contributed by atoms with van der Waals surface area (Å²) in [6.07, 6.45) is 0. The Morgan fingerprint density at radius 2 is 1.48 bits per heavy atom. The van der Waals surface area contributed by atoms with Crippen LogP contribution in [-0.4, -0.2) is 23.8 Å². The van der Waals surface area contributed by atoms with Gasteiger partial charge in [-0.1, -0.05) is 48.5 Å². The SMILES string of the molecule is Cc1nnnc(-c2ccccc2)c1CS(=O)(=O)c1ccccc1. The maximum absolute atomic E-state index is 12.7. The van der Waals surface area contributed by atoms with Gasteiger partial charge in [-0.3, -0.25) is 0 Å². The summed E-state index contributed by atoms with van der Waals surface area (Å²) in [5.74, 6) is -0.157. The van der Waals surface area contributed by atoms with Gasteiger partial charge in [-0.25, -0.2) is 8.42 Å². The first kappa shape index (κ1) is 15.3. The van der Waals surface area contributed by atoms with Crippen LogP contribution in [0.15, 0.2) is 65.6 Å². The minimum absolute atomic E-state index is 0.157. The number of sulfone groups is 1. The smallest absolute Gasteiger partial charge is 0.182 e. The molecule has 116 valence electrons. The molecule has 0 aliphatic heterocycles. The summed E-state index contributed by atoms with van der Waals surface area (Å²) in [6, 6.07) is 17.8. The Morgan fingerprint density at radius 1 is 0.870 bits per heavy atom. The first-order valence-electron chi connectivity index (χ1n) is 7.10. The lowest BCUT2D eigenvalue weighted by molar-refractivity contribution is 0.594. The van der Waals surface area contributed by atoms with Crippen LogP contribution >= 0.6 is 0 Å². The van der Waals surface area contributed by atoms with E-state index in [0.29, 0.717) is 17.0 Å². The van der Waals surface area contributed by atoms with Gasteiger partial charge in [0, 0.05) is 11.1 Å². The summed E-state index contributed by atoms with van der Waals surface area (Å²) in [5.41, 5.74) is 2.52. The van der Waals surface area contributed by atoms with Crippen LogP contribution in [0, 0.1) is 6.92 Å². The highest BCUT2D eigenvalue weighted by Crippen LogP contribution is 2.26. The van der Waals surface area contributed by atoms with Crippen molar-refractivity contribution in [1.29, 1.82) is 0 Å². The van der Waals surface area contributed by atoms with Gasteiger partial charge in [0.2, 0.25) is 0 Å². The average molecular weight is 325 g/mol. The van der Waals surface area contributed by atoms with Crippen LogP contribution in [0.5, 0.6) is 0 Å². The summed E-state index contributed by atoms with van der Waals surface area (Å²) >= 11 is 0. The number of rotatable bonds is 4. The normalized spacial score (nSPS) is 11.3. The zero-order chi connectivity index (χ0) is 16.3. The van der Waals surface area contributed by atoms with Crippen LogP contribution < -0.4 is 0 Å². The lowest BCUT2D eigenvalue weighted by atomic mass is 10.1. The van der Waals surface area contributed by atoms with Crippen LogP contribution in [0.2, 0.25) is 0 Å². The molecule has 0 amide bonds. The molecule has 0 bridgehead atoms. The van der Waals surface area contributed by atoms with E-state index in [1.807, 2.05) is 30.3 Å². The molecule has 0 saturated carbocycles. The Balaban J connectivity index is 2.08. The number of aryl methyl sites for hydroxylation is 1. The Labute approximate surface area is 134 Å². The monoisotopic (exact) mass is 325 g/mol. The standard InChI is InChI=1S/C17H15N3O2S/c1-13-16(12-23(21,22)15-10-6-3-7-11-15)17(19-20-18-13)14-8-4-2-5-9-14/h2-11H,12H2,1H3. The van der Waals surface area contributed by atoms with Crippen molar-refractivity contribution in [3.05, 3.63) is 71.9 Å². The van der Waals surface area contributed by atoms with Gasteiger partial charge in [-0.05, 0) is 24.3 Å². The van der Waals surface area contributed by atoms with E-state index < -0.39 is 9.84 Å². The molecule has 6 heteroatoms. The van der Waals surface area contributed by atoms with Crippen LogP contribution in [0.4, 0.5) is 0 Å². The Morgan fingerprint density at radius 3 is 2.13 bits per heavy atom. The third-order valence-electron chi connectivity index (χ3n) is 3.55. The number of benzene rings is 2. The first-order valence-corrected chi connectivity index (χ1v) is 8.75. The summed E-state index contributed by atoms with van der Waals surface area (Å²) in [6.45, 7) is 1.75. The van der Waals surface area contributed by atoms with Crippen molar-refractivity contribution in [2.24, 2.45) is 0 Å². The molecule has 23 heavy (non-hydrogen) atoms. The number of hydrogen-bond acceptors (Lipinski definition) is 5. The number of aromatic nitrogens is 3. The summed E-state index contributed by atoms with van der Waals surface area (Å²) in [4.78, 5) is 0.287. The highest BCUT2D eigenvalue weighted by Gasteiger charge is 2.21. The van der Waals surface area contributed by atoms with Gasteiger partial charge in [0.1, 0.15) is 5.69 Å². The molecule has 0 aliphatic carbocycles. The number of nitrogens with zero attached hydrogens (tertiary/aromatic N) is 3. The van der Waals surface area contributed by atoms with Crippen molar-refractivity contribution in [2.75, 3.05) is 0 Å². The molecule has 1 aromatic heterocycles. The maximum Gasteiger partial charge on any atom is 0.182 e. The Kier molecular flexibility index (Phi) is 4.16. The molecule has 0 radical (unpaired) electrons. The van der Waals surface area contributed by atoms with E-state index in [4.69, 9.17) is 0 Å². The van der Waals surface area contributed by atoms with Crippen molar-refractivity contribution in [3.8, 4) is 11.3 Å². The maximum atomic E-state index is 12.7. The molecule has 2 aromatic carbocycles. The van der Waals surface area contributed by atoms with Gasteiger partial charge < -0.3 is 0 Å². The van der Waals surface area contributed by atoms with E-state index in [9.17, 15) is 8.42 Å². The third-order valence-corrected chi connectivity index (χ3v) is 5.21. The van der Waals surface area contributed by atoms with Crippen molar-refractivity contribution < 1.29 is 8.42 Å². The Bertz CT molecular complexity index is 911. The average Bonchev–Trinajstić information content (AvgIpc) is 2.58. The van der Waals surface area contributed by atoms with E-state index >= 15 is 0 Å². The van der Waals surface area contributed by atoms with Gasteiger partial charge in [0.25, 0.3) is 0 Å². The summed E-state index contributed by atoms with van der Waals surface area (Å²) in [5, 5.41) is 11.7. The minimum Gasteiger partial charge on any atom is -0.223 e. The molecule has 0 saturated heterocycles. The van der Waals surface area contributed by atoms with Crippen molar-refractivity contribution in [2.45, 2.75) is 17.6 Å². The van der Waals surface area contributed by atoms with E-state index in [-0.39, 0.29) is 10.6 Å². The van der Waals surface area contributed by atoms with Crippen LogP contribution in [0.1, 0.15) is 11.3 Å². The third kappa shape index (κ3) is 3.27. The molecule has 1 heterocycles. The quantitative estimate of drug-likeness (QED) is 0.737. The van der Waals surface area contributed by atoms with Crippen molar-refractivity contribution in [3.63, 3.8) is 0 Å². The summed E-state index contributed by atoms with van der Waals surface area (Å²) < 4.78 is 25.3. The molecule has 0 spiro atoms. The second-order valence-electron chi connectivity index (χ2n) is 5.14. The second-order valence-corrected chi connectivity index (χ2v) is 7.13. The minimum atomic E-state index is -3.47. The highest BCUT2D eigenvalue weighted by atomic mass is 32.2. The van der Waals surface area contributed by atoms with Gasteiger partial charge in [0.05, 0.1) is 16.3 Å². The van der Waals surface area contributed by atoms with Gasteiger partial charge >= 0.3 is 0 Å². The molecule has 5 nitrogen and oxygen atoms in total. The lowest BCUT2D eigenvalue weighted by Crippen LogP contribution is -2.10. The van der Waals surface area contributed by atoms with Gasteiger partial charge in [-0.2, -0.15) is 0 Å². The largest absolute Gasteiger partial charge is 0.223 e. The summed E-state index contributed by atoms with van der Waals surface area (Å²) in [7, 11) is -3.47. The Hall–Kier alpha value is -2.60. The fourth-order valence-corrected chi connectivity index (χ4v) is 3.79. The molecule has 0 aliphatic rings. The zero-order valence-corrected chi connectivity index (χ0v) is 13.4. The van der Waals surface area contributed by atoms with Crippen LogP contribution in [0.25, 0.3) is 11.3 Å². The van der Waals surface area contributed by atoms with Gasteiger partial charge in [-0.15, -0.1) is 10.2 Å². The highest BCUT2D eigenvalue weighted by molar-refractivity contribution is 7.90.